The smallest absolute Gasteiger partial charge is 0.295 e. The third-order valence-corrected chi connectivity index (χ3v) is 6.31. The Morgan fingerprint density at radius 2 is 1.79 bits per heavy atom. The first-order valence-electron chi connectivity index (χ1n) is 10.3. The van der Waals surface area contributed by atoms with Crippen molar-refractivity contribution in [2.24, 2.45) is 7.05 Å². The molecule has 1 aromatic heterocycles. The Morgan fingerprint density at radius 3 is 2.48 bits per heavy atom. The van der Waals surface area contributed by atoms with Gasteiger partial charge in [-0.05, 0) is 37.3 Å². The van der Waals surface area contributed by atoms with Gasteiger partial charge in [-0.15, -0.1) is 11.8 Å². The second-order valence-electron chi connectivity index (χ2n) is 7.59. The summed E-state index contributed by atoms with van der Waals surface area (Å²) in [5, 5.41) is 5.42. The Hall–Kier alpha value is -3.79. The molecule has 1 fully saturated rings. The fourth-order valence-electron chi connectivity index (χ4n) is 3.55. The molecule has 170 valence electrons. The van der Waals surface area contributed by atoms with E-state index >= 15 is 0 Å². The van der Waals surface area contributed by atoms with Crippen LogP contribution in [-0.4, -0.2) is 50.2 Å². The standard InChI is InChI=1S/C23H23N5O4S/c1-15-21(23(32)28(26(15)2)18-9-4-3-5-10-18)25-22(31)16-7-6-8-17(11-16)24-19(29)12-27-14-33-13-20(27)30/h3-11H,12-14H2,1-2H3,(H,24,29)(H,25,31). The van der Waals surface area contributed by atoms with Crippen LogP contribution in [0.4, 0.5) is 11.4 Å². The monoisotopic (exact) mass is 465 g/mol. The van der Waals surface area contributed by atoms with E-state index in [0.717, 1.165) is 0 Å². The maximum absolute atomic E-state index is 13.0. The summed E-state index contributed by atoms with van der Waals surface area (Å²) in [5.74, 6) is -0.00151. The van der Waals surface area contributed by atoms with E-state index in [1.54, 1.807) is 36.9 Å². The maximum Gasteiger partial charge on any atom is 0.295 e. The number of para-hydroxylation sites is 1. The second kappa shape index (κ2) is 9.37. The van der Waals surface area contributed by atoms with Crippen molar-refractivity contribution >= 4 is 40.9 Å². The number of hydrogen-bond acceptors (Lipinski definition) is 5. The van der Waals surface area contributed by atoms with Crippen LogP contribution in [0.5, 0.6) is 0 Å². The number of aromatic nitrogens is 2. The summed E-state index contributed by atoms with van der Waals surface area (Å²) in [6, 6.07) is 15.6. The summed E-state index contributed by atoms with van der Waals surface area (Å²) >= 11 is 1.46. The zero-order valence-corrected chi connectivity index (χ0v) is 19.0. The quantitative estimate of drug-likeness (QED) is 0.581. The third-order valence-electron chi connectivity index (χ3n) is 5.36. The molecule has 2 N–H and O–H groups in total. The molecular weight excluding hydrogens is 442 g/mol. The van der Waals surface area contributed by atoms with Crippen LogP contribution in [0, 0.1) is 6.92 Å². The molecule has 0 radical (unpaired) electrons. The zero-order chi connectivity index (χ0) is 23.5. The highest BCUT2D eigenvalue weighted by Crippen LogP contribution is 2.18. The molecule has 33 heavy (non-hydrogen) atoms. The first kappa shape index (κ1) is 22.4. The summed E-state index contributed by atoms with van der Waals surface area (Å²) < 4.78 is 3.17. The van der Waals surface area contributed by atoms with Crippen LogP contribution in [0.25, 0.3) is 5.69 Å². The number of nitrogens with one attached hydrogen (secondary N) is 2. The topological polar surface area (TPSA) is 105 Å². The Balaban J connectivity index is 1.50. The number of thioether (sulfide) groups is 1. The van der Waals surface area contributed by atoms with Crippen LogP contribution in [0.2, 0.25) is 0 Å². The van der Waals surface area contributed by atoms with Crippen molar-refractivity contribution < 1.29 is 14.4 Å². The lowest BCUT2D eigenvalue weighted by molar-refractivity contribution is -0.130. The van der Waals surface area contributed by atoms with Crippen molar-refractivity contribution in [1.82, 2.24) is 14.3 Å². The summed E-state index contributed by atoms with van der Waals surface area (Å²) in [7, 11) is 1.75. The number of rotatable bonds is 6. The van der Waals surface area contributed by atoms with Gasteiger partial charge in [0.05, 0.1) is 23.0 Å². The van der Waals surface area contributed by atoms with Gasteiger partial charge < -0.3 is 15.5 Å². The molecule has 0 aliphatic carbocycles. The molecule has 0 unspecified atom stereocenters. The number of anilines is 2. The van der Waals surface area contributed by atoms with E-state index in [-0.39, 0.29) is 35.2 Å². The Bertz CT molecular complexity index is 1280. The van der Waals surface area contributed by atoms with Gasteiger partial charge in [0, 0.05) is 18.3 Å². The van der Waals surface area contributed by atoms with Crippen molar-refractivity contribution in [2.45, 2.75) is 6.92 Å². The van der Waals surface area contributed by atoms with Crippen molar-refractivity contribution in [3.8, 4) is 5.69 Å². The lowest BCUT2D eigenvalue weighted by Crippen LogP contribution is -2.34. The molecule has 1 aliphatic rings. The predicted molar refractivity (Wildman–Crippen MR) is 128 cm³/mol. The maximum atomic E-state index is 13.0. The number of carbonyl (C=O) groups is 3. The highest BCUT2D eigenvalue weighted by Gasteiger charge is 2.23. The van der Waals surface area contributed by atoms with Crippen LogP contribution >= 0.6 is 11.8 Å². The molecule has 4 rings (SSSR count). The van der Waals surface area contributed by atoms with Gasteiger partial charge in [0.2, 0.25) is 11.8 Å². The number of hydrogen-bond donors (Lipinski definition) is 2. The van der Waals surface area contributed by atoms with Gasteiger partial charge in [0.15, 0.2) is 0 Å². The minimum Gasteiger partial charge on any atom is -0.325 e. The van der Waals surface area contributed by atoms with Gasteiger partial charge in [0.25, 0.3) is 11.5 Å². The fraction of sp³-hybridized carbons (Fsp3) is 0.217. The minimum absolute atomic E-state index is 0.0372. The molecule has 0 saturated carbocycles. The van der Waals surface area contributed by atoms with Gasteiger partial charge >= 0.3 is 0 Å². The van der Waals surface area contributed by atoms with E-state index in [0.29, 0.717) is 28.7 Å². The number of carbonyl (C=O) groups excluding carboxylic acids is 3. The summed E-state index contributed by atoms with van der Waals surface area (Å²) in [5.41, 5.74) is 1.86. The van der Waals surface area contributed by atoms with Crippen molar-refractivity contribution in [1.29, 1.82) is 0 Å². The molecule has 10 heteroatoms. The van der Waals surface area contributed by atoms with E-state index in [1.165, 1.54) is 27.4 Å². The molecule has 0 spiro atoms. The van der Waals surface area contributed by atoms with E-state index < -0.39 is 5.91 Å². The molecule has 1 saturated heterocycles. The minimum atomic E-state index is -0.469. The van der Waals surface area contributed by atoms with Crippen molar-refractivity contribution in [3.05, 3.63) is 76.2 Å². The first-order chi connectivity index (χ1) is 15.8. The molecule has 0 bridgehead atoms. The van der Waals surface area contributed by atoms with Gasteiger partial charge in [-0.1, -0.05) is 24.3 Å². The van der Waals surface area contributed by atoms with Crippen LogP contribution in [0.3, 0.4) is 0 Å². The van der Waals surface area contributed by atoms with Gasteiger partial charge in [-0.2, -0.15) is 0 Å². The molecule has 2 heterocycles. The lowest BCUT2D eigenvalue weighted by Gasteiger charge is -2.14. The number of amides is 3. The highest BCUT2D eigenvalue weighted by atomic mass is 32.2. The summed E-state index contributed by atoms with van der Waals surface area (Å²) in [6.07, 6.45) is 0. The average Bonchev–Trinajstić information content (AvgIpc) is 3.29. The van der Waals surface area contributed by atoms with Crippen LogP contribution in [0.1, 0.15) is 16.1 Å². The molecule has 1 aliphatic heterocycles. The molecule has 0 atom stereocenters. The molecule has 3 amide bonds. The lowest BCUT2D eigenvalue weighted by atomic mass is 10.2. The fourth-order valence-corrected chi connectivity index (χ4v) is 4.45. The van der Waals surface area contributed by atoms with E-state index in [1.807, 2.05) is 30.3 Å². The first-order valence-corrected chi connectivity index (χ1v) is 11.4. The highest BCUT2D eigenvalue weighted by molar-refractivity contribution is 8.00. The predicted octanol–water partition coefficient (Wildman–Crippen LogP) is 2.21. The Labute approximate surface area is 194 Å². The van der Waals surface area contributed by atoms with Crippen LogP contribution in [-0.2, 0) is 16.6 Å². The molecule has 9 nitrogen and oxygen atoms in total. The Kier molecular flexibility index (Phi) is 6.36. The summed E-state index contributed by atoms with van der Waals surface area (Å²) in [6.45, 7) is 1.72. The van der Waals surface area contributed by atoms with E-state index in [9.17, 15) is 19.2 Å². The third kappa shape index (κ3) is 4.70. The largest absolute Gasteiger partial charge is 0.325 e. The number of benzene rings is 2. The summed E-state index contributed by atoms with van der Waals surface area (Å²) in [4.78, 5) is 51.4. The molecule has 2 aromatic carbocycles. The van der Waals surface area contributed by atoms with Gasteiger partial charge in [0.1, 0.15) is 12.2 Å². The van der Waals surface area contributed by atoms with Gasteiger partial charge in [-0.25, -0.2) is 4.68 Å². The zero-order valence-electron chi connectivity index (χ0n) is 18.2. The van der Waals surface area contributed by atoms with Gasteiger partial charge in [-0.3, -0.25) is 23.9 Å². The second-order valence-corrected chi connectivity index (χ2v) is 8.54. The van der Waals surface area contributed by atoms with Crippen molar-refractivity contribution in [3.63, 3.8) is 0 Å². The van der Waals surface area contributed by atoms with E-state index in [4.69, 9.17) is 0 Å². The average molecular weight is 466 g/mol. The Morgan fingerprint density at radius 1 is 1.03 bits per heavy atom. The van der Waals surface area contributed by atoms with E-state index in [2.05, 4.69) is 10.6 Å². The van der Waals surface area contributed by atoms with Crippen LogP contribution < -0.4 is 16.2 Å². The molecule has 3 aromatic rings. The SMILES string of the molecule is Cc1c(NC(=O)c2cccc(NC(=O)CN3CSCC3=O)c2)c(=O)n(-c2ccccc2)n1C. The normalized spacial score (nSPS) is 13.3. The molecular formula is C23H23N5O4S. The van der Waals surface area contributed by atoms with Crippen molar-refractivity contribution in [2.75, 3.05) is 28.8 Å². The van der Waals surface area contributed by atoms with Crippen LogP contribution in [0.15, 0.2) is 59.4 Å². The number of nitrogens with zero attached hydrogens (tertiary/aromatic N) is 3.